The van der Waals surface area contributed by atoms with Crippen LogP contribution in [0.25, 0.3) is 11.2 Å². The van der Waals surface area contributed by atoms with E-state index in [1.165, 1.54) is 0 Å². The minimum absolute atomic E-state index is 0.0265. The highest BCUT2D eigenvalue weighted by Gasteiger charge is 2.34. The van der Waals surface area contributed by atoms with Crippen LogP contribution in [0.15, 0.2) is 11.0 Å². The van der Waals surface area contributed by atoms with Crippen LogP contribution in [0.3, 0.4) is 0 Å². The summed E-state index contributed by atoms with van der Waals surface area (Å²) in [5.41, 5.74) is 4.08. The monoisotopic (exact) mass is 253 g/mol. The maximum atomic E-state index is 11.5. The van der Waals surface area contributed by atoms with Gasteiger partial charge in [0, 0.05) is 0 Å². The number of hydrogen-bond donors (Lipinski definition) is 5. The van der Waals surface area contributed by atoms with Crippen molar-refractivity contribution in [3.8, 4) is 0 Å². The standard InChI is InChI=1S/C9H11N5O4/c1-3(15)9(17,18)4-2-11-6-5(12-4)7(16)14-8(10)13-6/h2-3,15,17-18H,1H3,(H3,10,11,13,14,16). The van der Waals surface area contributed by atoms with E-state index in [1.807, 2.05) is 0 Å². The SMILES string of the molecule is CC(O)C(O)(O)c1cnc2nc(N)[nH]c(=O)c2n1. The number of anilines is 1. The number of aliphatic hydroxyl groups is 3. The highest BCUT2D eigenvalue weighted by molar-refractivity contribution is 5.69. The number of nitrogens with zero attached hydrogens (tertiary/aromatic N) is 3. The van der Waals surface area contributed by atoms with Crippen LogP contribution in [0.4, 0.5) is 5.95 Å². The Bertz CT molecular complexity index is 651. The number of nitrogen functional groups attached to an aromatic ring is 1. The predicted octanol–water partition coefficient (Wildman–Crippen LogP) is -2.19. The molecule has 18 heavy (non-hydrogen) atoms. The lowest BCUT2D eigenvalue weighted by molar-refractivity contribution is -0.231. The molecule has 0 amide bonds. The van der Waals surface area contributed by atoms with E-state index < -0.39 is 17.5 Å². The summed E-state index contributed by atoms with van der Waals surface area (Å²) in [5, 5.41) is 28.5. The van der Waals surface area contributed by atoms with Crippen molar-refractivity contribution in [2.24, 2.45) is 0 Å². The minimum atomic E-state index is -2.60. The molecule has 0 bridgehead atoms. The Morgan fingerprint density at radius 1 is 1.44 bits per heavy atom. The fraction of sp³-hybridized carbons (Fsp3) is 0.333. The fourth-order valence-electron chi connectivity index (χ4n) is 1.33. The van der Waals surface area contributed by atoms with Gasteiger partial charge in [-0.1, -0.05) is 0 Å². The molecule has 0 aliphatic heterocycles. The third-order valence-electron chi connectivity index (χ3n) is 2.40. The topological polar surface area (TPSA) is 158 Å². The van der Waals surface area contributed by atoms with Crippen LogP contribution >= 0.6 is 0 Å². The van der Waals surface area contributed by atoms with E-state index in [-0.39, 0.29) is 22.8 Å². The van der Waals surface area contributed by atoms with Crippen LogP contribution in [-0.2, 0) is 5.79 Å². The van der Waals surface area contributed by atoms with Gasteiger partial charge in [0.2, 0.25) is 11.7 Å². The molecule has 9 heteroatoms. The zero-order valence-electron chi connectivity index (χ0n) is 9.32. The maximum Gasteiger partial charge on any atom is 0.280 e. The summed E-state index contributed by atoms with van der Waals surface area (Å²) in [5.74, 6) is -2.72. The van der Waals surface area contributed by atoms with E-state index in [4.69, 9.17) is 5.73 Å². The molecule has 0 aromatic carbocycles. The molecule has 1 unspecified atom stereocenters. The molecular weight excluding hydrogens is 242 g/mol. The van der Waals surface area contributed by atoms with Gasteiger partial charge in [0.15, 0.2) is 11.2 Å². The van der Waals surface area contributed by atoms with E-state index in [0.29, 0.717) is 0 Å². The third-order valence-corrected chi connectivity index (χ3v) is 2.40. The molecule has 0 fully saturated rings. The van der Waals surface area contributed by atoms with E-state index in [9.17, 15) is 20.1 Å². The fourth-order valence-corrected chi connectivity index (χ4v) is 1.33. The lowest BCUT2D eigenvalue weighted by Gasteiger charge is -2.23. The first kappa shape index (κ1) is 12.4. The van der Waals surface area contributed by atoms with Gasteiger partial charge in [-0.3, -0.25) is 9.78 Å². The molecule has 0 saturated carbocycles. The van der Waals surface area contributed by atoms with Crippen LogP contribution in [-0.4, -0.2) is 41.4 Å². The summed E-state index contributed by atoms with van der Waals surface area (Å²) in [6.45, 7) is 1.16. The highest BCUT2D eigenvalue weighted by atomic mass is 16.5. The smallest absolute Gasteiger partial charge is 0.280 e. The summed E-state index contributed by atoms with van der Waals surface area (Å²) >= 11 is 0. The van der Waals surface area contributed by atoms with Crippen LogP contribution in [0.1, 0.15) is 12.6 Å². The predicted molar refractivity (Wildman–Crippen MR) is 60.2 cm³/mol. The first-order valence-electron chi connectivity index (χ1n) is 4.98. The van der Waals surface area contributed by atoms with E-state index in [2.05, 4.69) is 19.9 Å². The van der Waals surface area contributed by atoms with Crippen molar-refractivity contribution in [1.82, 2.24) is 19.9 Å². The molecule has 96 valence electrons. The first-order chi connectivity index (χ1) is 8.32. The normalized spacial score (nSPS) is 13.8. The summed E-state index contributed by atoms with van der Waals surface area (Å²) in [4.78, 5) is 24.9. The van der Waals surface area contributed by atoms with Crippen molar-refractivity contribution < 1.29 is 15.3 Å². The molecule has 2 heterocycles. The van der Waals surface area contributed by atoms with Crippen LogP contribution in [0, 0.1) is 0 Å². The summed E-state index contributed by atoms with van der Waals surface area (Å²) < 4.78 is 0. The zero-order chi connectivity index (χ0) is 13.5. The van der Waals surface area contributed by atoms with Crippen molar-refractivity contribution >= 4 is 17.1 Å². The third kappa shape index (κ3) is 1.90. The second kappa shape index (κ2) is 3.98. The molecule has 2 aromatic heterocycles. The van der Waals surface area contributed by atoms with Crippen molar-refractivity contribution in [2.45, 2.75) is 18.8 Å². The van der Waals surface area contributed by atoms with Crippen LogP contribution < -0.4 is 11.3 Å². The molecule has 6 N–H and O–H groups in total. The summed E-state index contributed by atoms with van der Waals surface area (Å²) in [6.07, 6.45) is -0.508. The number of nitrogens with two attached hydrogens (primary N) is 1. The van der Waals surface area contributed by atoms with Crippen molar-refractivity contribution in [3.05, 3.63) is 22.2 Å². The Balaban J connectivity index is 2.68. The number of H-pyrrole nitrogens is 1. The zero-order valence-corrected chi connectivity index (χ0v) is 9.32. The van der Waals surface area contributed by atoms with Gasteiger partial charge >= 0.3 is 0 Å². The first-order valence-corrected chi connectivity index (χ1v) is 4.98. The summed E-state index contributed by atoms with van der Waals surface area (Å²) in [7, 11) is 0. The molecule has 2 aromatic rings. The number of nitrogens with one attached hydrogen (secondary N) is 1. The maximum absolute atomic E-state index is 11.5. The Morgan fingerprint density at radius 2 is 2.11 bits per heavy atom. The van der Waals surface area contributed by atoms with Gasteiger partial charge in [0.1, 0.15) is 11.8 Å². The van der Waals surface area contributed by atoms with Crippen LogP contribution in [0.5, 0.6) is 0 Å². The average molecular weight is 253 g/mol. The Morgan fingerprint density at radius 3 is 2.72 bits per heavy atom. The second-order valence-corrected chi connectivity index (χ2v) is 3.78. The van der Waals surface area contributed by atoms with Gasteiger partial charge in [-0.2, -0.15) is 4.98 Å². The average Bonchev–Trinajstić information content (AvgIpc) is 2.27. The molecule has 0 radical (unpaired) electrons. The lowest BCUT2D eigenvalue weighted by Crippen LogP contribution is -2.38. The second-order valence-electron chi connectivity index (χ2n) is 3.78. The lowest BCUT2D eigenvalue weighted by atomic mass is 10.1. The van der Waals surface area contributed by atoms with E-state index in [0.717, 1.165) is 13.1 Å². The Kier molecular flexibility index (Phi) is 2.73. The van der Waals surface area contributed by atoms with Gasteiger partial charge in [0.25, 0.3) is 5.56 Å². The highest BCUT2D eigenvalue weighted by Crippen LogP contribution is 2.20. The molecule has 0 saturated heterocycles. The van der Waals surface area contributed by atoms with Gasteiger partial charge in [-0.25, -0.2) is 9.97 Å². The number of hydrogen-bond acceptors (Lipinski definition) is 8. The number of aromatic nitrogens is 4. The molecule has 0 aliphatic rings. The van der Waals surface area contributed by atoms with Crippen LogP contribution in [0.2, 0.25) is 0 Å². The van der Waals surface area contributed by atoms with Gasteiger partial charge in [-0.05, 0) is 6.92 Å². The molecule has 9 nitrogen and oxygen atoms in total. The molecule has 1 atom stereocenters. The van der Waals surface area contributed by atoms with Crippen molar-refractivity contribution in [1.29, 1.82) is 0 Å². The quantitative estimate of drug-likeness (QED) is 0.377. The van der Waals surface area contributed by atoms with E-state index >= 15 is 0 Å². The number of aliphatic hydroxyl groups excluding tert-OH is 1. The van der Waals surface area contributed by atoms with Crippen molar-refractivity contribution in [3.63, 3.8) is 0 Å². The number of fused-ring (bicyclic) bond motifs is 1. The Hall–Kier alpha value is -2.10. The summed E-state index contributed by atoms with van der Waals surface area (Å²) in [6, 6.07) is 0. The van der Waals surface area contributed by atoms with Crippen molar-refractivity contribution in [2.75, 3.05) is 5.73 Å². The number of rotatable bonds is 2. The largest absolute Gasteiger partial charge is 0.387 e. The molecular formula is C9H11N5O4. The molecule has 0 spiro atoms. The Labute approximate surface area is 100.0 Å². The van der Waals surface area contributed by atoms with E-state index in [1.54, 1.807) is 0 Å². The van der Waals surface area contributed by atoms with Gasteiger partial charge in [0.05, 0.1) is 6.20 Å². The minimum Gasteiger partial charge on any atom is -0.387 e. The van der Waals surface area contributed by atoms with Gasteiger partial charge < -0.3 is 21.1 Å². The van der Waals surface area contributed by atoms with Gasteiger partial charge in [-0.15, -0.1) is 0 Å². The molecule has 0 aliphatic carbocycles. The molecule has 2 rings (SSSR count). The number of aromatic amines is 1.